The molecule has 0 aromatic carbocycles. The summed E-state index contributed by atoms with van der Waals surface area (Å²) in [6.07, 6.45) is -0.605. The van der Waals surface area contributed by atoms with Gasteiger partial charge in [0, 0.05) is 12.7 Å². The molecule has 0 aliphatic heterocycles. The molecule has 0 rings (SSSR count). The maximum Gasteiger partial charge on any atom is 0.266 e. The second-order valence-electron chi connectivity index (χ2n) is 1.62. The highest BCUT2D eigenvalue weighted by Crippen LogP contribution is 2.06. The summed E-state index contributed by atoms with van der Waals surface area (Å²) in [7, 11) is 0. The first-order valence-corrected chi connectivity index (χ1v) is 3.76. The van der Waals surface area contributed by atoms with E-state index in [4.69, 9.17) is 0 Å². The van der Waals surface area contributed by atoms with E-state index in [0.717, 1.165) is 17.8 Å². The Balaban J connectivity index is 3.21. The van der Waals surface area contributed by atoms with Crippen molar-refractivity contribution in [3.8, 4) is 0 Å². The third kappa shape index (κ3) is 7.62. The maximum absolute atomic E-state index is 11.3. The minimum Gasteiger partial charge on any atom is -0.288 e. The molecule has 0 saturated heterocycles. The molecule has 0 heterocycles. The van der Waals surface area contributed by atoms with Crippen molar-refractivity contribution in [1.82, 2.24) is 0 Å². The summed E-state index contributed by atoms with van der Waals surface area (Å²) in [5.74, 6) is 0.437. The summed E-state index contributed by atoms with van der Waals surface area (Å²) in [4.78, 5) is 10.2. The van der Waals surface area contributed by atoms with Crippen molar-refractivity contribution in [2.24, 2.45) is 0 Å². The molecule has 4 heteroatoms. The lowest BCUT2D eigenvalue weighted by molar-refractivity contribution is -0.109. The Kier molecular flexibility index (Phi) is 5.20. The number of halogens is 2. The molecule has 0 aromatic rings. The Morgan fingerprint density at radius 3 is 2.60 bits per heavy atom. The van der Waals surface area contributed by atoms with Crippen LogP contribution in [0.15, 0.2) is 12.2 Å². The van der Waals surface area contributed by atoms with Crippen LogP contribution in [0.1, 0.15) is 13.3 Å². The molecule has 0 aromatic heterocycles. The second kappa shape index (κ2) is 5.41. The van der Waals surface area contributed by atoms with E-state index in [-0.39, 0.29) is 11.5 Å². The molecular formula is C6H8F2OS. The fourth-order valence-electron chi connectivity index (χ4n) is 0.371. The number of hydrogen-bond acceptors (Lipinski definition) is 2. The van der Waals surface area contributed by atoms with Crippen molar-refractivity contribution in [1.29, 1.82) is 0 Å². The van der Waals surface area contributed by atoms with Crippen molar-refractivity contribution in [2.45, 2.75) is 13.3 Å². The van der Waals surface area contributed by atoms with Crippen molar-refractivity contribution < 1.29 is 13.6 Å². The van der Waals surface area contributed by atoms with Gasteiger partial charge in [0.25, 0.3) is 6.08 Å². The number of allylic oxidation sites excluding steroid dienone is 1. The molecule has 0 fully saturated rings. The summed E-state index contributed by atoms with van der Waals surface area (Å²) in [5.41, 5.74) is 0. The number of carbonyl (C=O) groups excluding carboxylic acids is 1. The summed E-state index contributed by atoms with van der Waals surface area (Å²) in [6.45, 7) is 1.42. The van der Waals surface area contributed by atoms with Gasteiger partial charge in [-0.15, -0.1) is 0 Å². The van der Waals surface area contributed by atoms with E-state index in [0.29, 0.717) is 5.75 Å². The second-order valence-corrected chi connectivity index (χ2v) is 2.89. The van der Waals surface area contributed by atoms with Gasteiger partial charge in [0.15, 0.2) is 5.12 Å². The highest BCUT2D eigenvalue weighted by Gasteiger charge is 1.92. The van der Waals surface area contributed by atoms with Crippen LogP contribution in [0.5, 0.6) is 0 Å². The van der Waals surface area contributed by atoms with Crippen LogP contribution in [0.3, 0.4) is 0 Å². The molecule has 0 radical (unpaired) electrons. The van der Waals surface area contributed by atoms with Gasteiger partial charge in [-0.3, -0.25) is 4.79 Å². The van der Waals surface area contributed by atoms with Gasteiger partial charge >= 0.3 is 0 Å². The fourth-order valence-corrected chi connectivity index (χ4v) is 0.894. The topological polar surface area (TPSA) is 17.1 Å². The van der Waals surface area contributed by atoms with E-state index in [2.05, 4.69) is 0 Å². The zero-order valence-electron chi connectivity index (χ0n) is 5.56. The van der Waals surface area contributed by atoms with Gasteiger partial charge in [-0.25, -0.2) is 0 Å². The van der Waals surface area contributed by atoms with E-state index in [1.807, 2.05) is 0 Å². The van der Waals surface area contributed by atoms with Gasteiger partial charge in [-0.1, -0.05) is 11.8 Å². The van der Waals surface area contributed by atoms with Crippen molar-refractivity contribution in [3.63, 3.8) is 0 Å². The van der Waals surface area contributed by atoms with Crippen molar-refractivity contribution in [2.75, 3.05) is 5.75 Å². The predicted octanol–water partition coefficient (Wildman–Crippen LogP) is 2.44. The highest BCUT2D eigenvalue weighted by molar-refractivity contribution is 8.13. The quantitative estimate of drug-likeness (QED) is 0.599. The number of rotatable bonds is 3. The molecule has 0 aliphatic rings. The number of thioether (sulfide) groups is 1. The largest absolute Gasteiger partial charge is 0.288 e. The number of carbonyl (C=O) groups is 1. The molecular weight excluding hydrogens is 158 g/mol. The zero-order valence-corrected chi connectivity index (χ0v) is 6.38. The number of hydrogen-bond donors (Lipinski definition) is 0. The minimum absolute atomic E-state index is 0.0346. The minimum atomic E-state index is -1.68. The lowest BCUT2D eigenvalue weighted by Gasteiger charge is -1.89. The van der Waals surface area contributed by atoms with Gasteiger partial charge in [0.2, 0.25) is 0 Å². The van der Waals surface area contributed by atoms with E-state index in [1.54, 1.807) is 0 Å². The van der Waals surface area contributed by atoms with Crippen molar-refractivity contribution >= 4 is 16.9 Å². The standard InChI is InChI=1S/C6H8F2OS/c1-5(9)10-4-2-3-6(7)8/h3H,2,4H2,1H3. The molecule has 10 heavy (non-hydrogen) atoms. The van der Waals surface area contributed by atoms with Crippen LogP contribution >= 0.6 is 11.8 Å². The summed E-state index contributed by atoms with van der Waals surface area (Å²) >= 11 is 1.06. The van der Waals surface area contributed by atoms with Gasteiger partial charge in [0.05, 0.1) is 0 Å². The molecule has 0 spiro atoms. The fraction of sp³-hybridized carbons (Fsp3) is 0.500. The molecule has 58 valence electrons. The summed E-state index contributed by atoms with van der Waals surface area (Å²) in [6, 6.07) is 0. The molecule has 0 atom stereocenters. The molecule has 0 saturated carbocycles. The Morgan fingerprint density at radius 1 is 1.60 bits per heavy atom. The van der Waals surface area contributed by atoms with Gasteiger partial charge in [0.1, 0.15) is 0 Å². The Hall–Kier alpha value is -0.380. The molecule has 0 amide bonds. The first-order valence-electron chi connectivity index (χ1n) is 2.77. The molecule has 0 aliphatic carbocycles. The first-order chi connectivity index (χ1) is 4.63. The van der Waals surface area contributed by atoms with Crippen LogP contribution in [-0.2, 0) is 4.79 Å². The average molecular weight is 166 g/mol. The summed E-state index contributed by atoms with van der Waals surface area (Å²) < 4.78 is 22.7. The van der Waals surface area contributed by atoms with Crippen LogP contribution in [0.25, 0.3) is 0 Å². The lowest BCUT2D eigenvalue weighted by Crippen LogP contribution is -1.83. The van der Waals surface area contributed by atoms with E-state index in [9.17, 15) is 13.6 Å². The third-order valence-corrected chi connectivity index (χ3v) is 1.57. The van der Waals surface area contributed by atoms with Crippen LogP contribution in [-0.4, -0.2) is 10.9 Å². The normalized spacial score (nSPS) is 9.10. The Bertz CT molecular complexity index is 141. The molecule has 0 unspecified atom stereocenters. The van der Waals surface area contributed by atoms with Crippen LogP contribution in [0, 0.1) is 0 Å². The molecule has 0 N–H and O–H groups in total. The third-order valence-electron chi connectivity index (χ3n) is 0.722. The van der Waals surface area contributed by atoms with Gasteiger partial charge in [-0.2, -0.15) is 8.78 Å². The van der Waals surface area contributed by atoms with Gasteiger partial charge in [-0.05, 0) is 12.5 Å². The average Bonchev–Trinajstić information content (AvgIpc) is 1.79. The first kappa shape index (κ1) is 9.62. The Labute approximate surface area is 62.5 Å². The van der Waals surface area contributed by atoms with E-state index in [1.165, 1.54) is 6.92 Å². The van der Waals surface area contributed by atoms with Crippen LogP contribution in [0.2, 0.25) is 0 Å². The monoisotopic (exact) mass is 166 g/mol. The summed E-state index contributed by atoms with van der Waals surface area (Å²) in [5, 5.41) is -0.0346. The molecule has 0 bridgehead atoms. The van der Waals surface area contributed by atoms with Gasteiger partial charge < -0.3 is 0 Å². The van der Waals surface area contributed by atoms with E-state index >= 15 is 0 Å². The van der Waals surface area contributed by atoms with E-state index < -0.39 is 6.08 Å². The Morgan fingerprint density at radius 2 is 2.20 bits per heavy atom. The predicted molar refractivity (Wildman–Crippen MR) is 38.1 cm³/mol. The SMILES string of the molecule is CC(=O)SCCC=C(F)F. The van der Waals surface area contributed by atoms with Crippen LogP contribution in [0.4, 0.5) is 8.78 Å². The van der Waals surface area contributed by atoms with Crippen molar-refractivity contribution in [3.05, 3.63) is 12.2 Å². The smallest absolute Gasteiger partial charge is 0.266 e. The lowest BCUT2D eigenvalue weighted by atomic mass is 10.5. The zero-order chi connectivity index (χ0) is 7.98. The molecule has 1 nitrogen and oxygen atoms in total. The van der Waals surface area contributed by atoms with Crippen LogP contribution < -0.4 is 0 Å². The highest BCUT2D eigenvalue weighted by atomic mass is 32.2. The maximum atomic E-state index is 11.3.